The van der Waals surface area contributed by atoms with Crippen LogP contribution in [0.2, 0.25) is 0 Å². The molecule has 2 N–H and O–H groups in total. The minimum Gasteiger partial charge on any atom is -0.330 e. The first-order chi connectivity index (χ1) is 6.24. The molecule has 3 heteroatoms. The highest BCUT2D eigenvalue weighted by atomic mass is 19.2. The van der Waals surface area contributed by atoms with Crippen LogP contribution in [-0.2, 0) is 0 Å². The molecule has 1 aromatic rings. The smallest absolute Gasteiger partial charge is 0.162 e. The third-order valence-corrected chi connectivity index (χ3v) is 2.61. The molecule has 0 amide bonds. The lowest BCUT2D eigenvalue weighted by Crippen LogP contribution is -2.03. The number of nitrogens with two attached hydrogens (primary N) is 1. The Morgan fingerprint density at radius 1 is 1.38 bits per heavy atom. The molecular weight excluding hydrogens is 172 g/mol. The van der Waals surface area contributed by atoms with Gasteiger partial charge in [0.25, 0.3) is 0 Å². The van der Waals surface area contributed by atoms with E-state index < -0.39 is 11.6 Å². The highest BCUT2D eigenvalue weighted by Crippen LogP contribution is 2.47. The maximum atomic E-state index is 13.2. The third-order valence-electron chi connectivity index (χ3n) is 2.61. The molecule has 1 aliphatic rings. The van der Waals surface area contributed by atoms with Gasteiger partial charge in [-0.2, -0.15) is 0 Å². The maximum absolute atomic E-state index is 13.2. The van der Waals surface area contributed by atoms with Crippen molar-refractivity contribution in [3.8, 4) is 0 Å². The SMILES string of the molecule is NC[C@H]1C[C@@H]1c1cccc(F)c1F. The Morgan fingerprint density at radius 3 is 2.77 bits per heavy atom. The first-order valence-electron chi connectivity index (χ1n) is 4.38. The van der Waals surface area contributed by atoms with Gasteiger partial charge in [0, 0.05) is 0 Å². The molecule has 1 nitrogen and oxygen atoms in total. The lowest BCUT2D eigenvalue weighted by Gasteiger charge is -2.01. The van der Waals surface area contributed by atoms with Crippen molar-refractivity contribution >= 4 is 0 Å². The fraction of sp³-hybridized carbons (Fsp3) is 0.400. The van der Waals surface area contributed by atoms with Crippen LogP contribution in [0.5, 0.6) is 0 Å². The molecule has 1 saturated carbocycles. The van der Waals surface area contributed by atoms with Crippen LogP contribution in [-0.4, -0.2) is 6.54 Å². The Labute approximate surface area is 75.6 Å². The second-order valence-corrected chi connectivity index (χ2v) is 3.48. The van der Waals surface area contributed by atoms with Crippen LogP contribution in [0, 0.1) is 17.6 Å². The van der Waals surface area contributed by atoms with E-state index in [0.717, 1.165) is 12.5 Å². The summed E-state index contributed by atoms with van der Waals surface area (Å²) in [7, 11) is 0. The van der Waals surface area contributed by atoms with Crippen LogP contribution in [0.15, 0.2) is 18.2 Å². The van der Waals surface area contributed by atoms with Gasteiger partial charge in [0.15, 0.2) is 11.6 Å². The molecule has 2 atom stereocenters. The summed E-state index contributed by atoms with van der Waals surface area (Å²) in [4.78, 5) is 0. The minimum atomic E-state index is -0.764. The summed E-state index contributed by atoms with van der Waals surface area (Å²) in [6.07, 6.45) is 0.886. The average Bonchev–Trinajstić information content (AvgIpc) is 2.89. The fourth-order valence-corrected chi connectivity index (χ4v) is 1.70. The summed E-state index contributed by atoms with van der Waals surface area (Å²) in [5.41, 5.74) is 5.92. The normalized spacial score (nSPS) is 26.1. The first kappa shape index (κ1) is 8.63. The van der Waals surface area contributed by atoms with E-state index in [2.05, 4.69) is 0 Å². The molecule has 0 saturated heterocycles. The van der Waals surface area contributed by atoms with Crippen molar-refractivity contribution in [2.45, 2.75) is 12.3 Å². The highest BCUT2D eigenvalue weighted by Gasteiger charge is 2.38. The summed E-state index contributed by atoms with van der Waals surface area (Å²) >= 11 is 0. The predicted molar refractivity (Wildman–Crippen MR) is 46.3 cm³/mol. The van der Waals surface area contributed by atoms with Crippen molar-refractivity contribution in [1.82, 2.24) is 0 Å². The molecular formula is C10H11F2N. The van der Waals surface area contributed by atoms with Crippen molar-refractivity contribution < 1.29 is 8.78 Å². The number of rotatable bonds is 2. The molecule has 0 heterocycles. The van der Waals surface area contributed by atoms with Crippen LogP contribution in [0.3, 0.4) is 0 Å². The van der Waals surface area contributed by atoms with Crippen molar-refractivity contribution in [3.05, 3.63) is 35.4 Å². The van der Waals surface area contributed by atoms with Crippen molar-refractivity contribution in [3.63, 3.8) is 0 Å². The van der Waals surface area contributed by atoms with Crippen LogP contribution in [0.1, 0.15) is 17.9 Å². The number of benzene rings is 1. The van der Waals surface area contributed by atoms with E-state index in [1.165, 1.54) is 0 Å². The number of hydrogen-bond donors (Lipinski definition) is 1. The van der Waals surface area contributed by atoms with E-state index in [0.29, 0.717) is 18.0 Å². The van der Waals surface area contributed by atoms with Crippen molar-refractivity contribution in [2.24, 2.45) is 11.7 Å². The van der Waals surface area contributed by atoms with Crippen molar-refractivity contribution in [2.75, 3.05) is 6.54 Å². The molecule has 0 aromatic heterocycles. The monoisotopic (exact) mass is 183 g/mol. The van der Waals surface area contributed by atoms with Crippen LogP contribution in [0.4, 0.5) is 8.78 Å². The summed E-state index contributed by atoms with van der Waals surface area (Å²) in [6, 6.07) is 4.32. The Balaban J connectivity index is 2.27. The van der Waals surface area contributed by atoms with E-state index in [1.807, 2.05) is 0 Å². The summed E-state index contributed by atoms with van der Waals surface area (Å²) < 4.78 is 26.0. The summed E-state index contributed by atoms with van der Waals surface area (Å²) in [5.74, 6) is -0.986. The molecule has 0 bridgehead atoms. The van der Waals surface area contributed by atoms with Gasteiger partial charge in [0.05, 0.1) is 0 Å². The van der Waals surface area contributed by atoms with Crippen molar-refractivity contribution in [1.29, 1.82) is 0 Å². The van der Waals surface area contributed by atoms with Gasteiger partial charge in [0.1, 0.15) is 0 Å². The molecule has 13 heavy (non-hydrogen) atoms. The molecule has 0 radical (unpaired) electrons. The topological polar surface area (TPSA) is 26.0 Å². The summed E-state index contributed by atoms with van der Waals surface area (Å²) in [5, 5.41) is 0. The van der Waals surface area contributed by atoms with Crippen LogP contribution < -0.4 is 5.73 Å². The van der Waals surface area contributed by atoms with Gasteiger partial charge in [-0.15, -0.1) is 0 Å². The zero-order chi connectivity index (χ0) is 9.42. The molecule has 1 fully saturated rings. The van der Waals surface area contributed by atoms with Gasteiger partial charge in [-0.05, 0) is 36.4 Å². The van der Waals surface area contributed by atoms with Gasteiger partial charge < -0.3 is 5.73 Å². The van der Waals surface area contributed by atoms with Gasteiger partial charge in [-0.1, -0.05) is 12.1 Å². The molecule has 0 spiro atoms. The lowest BCUT2D eigenvalue weighted by atomic mass is 10.1. The lowest BCUT2D eigenvalue weighted by molar-refractivity contribution is 0.497. The van der Waals surface area contributed by atoms with E-state index in [1.54, 1.807) is 12.1 Å². The van der Waals surface area contributed by atoms with Gasteiger partial charge in [0.2, 0.25) is 0 Å². The predicted octanol–water partition coefficient (Wildman–Crippen LogP) is 2.03. The number of hydrogen-bond acceptors (Lipinski definition) is 1. The number of halogens is 2. The van der Waals surface area contributed by atoms with E-state index >= 15 is 0 Å². The van der Waals surface area contributed by atoms with Crippen LogP contribution in [0.25, 0.3) is 0 Å². The molecule has 2 rings (SSSR count). The minimum absolute atomic E-state index is 0.140. The van der Waals surface area contributed by atoms with Gasteiger partial charge >= 0.3 is 0 Å². The first-order valence-corrected chi connectivity index (χ1v) is 4.38. The molecule has 0 aliphatic heterocycles. The molecule has 70 valence electrons. The van der Waals surface area contributed by atoms with E-state index in [9.17, 15) is 8.78 Å². The second-order valence-electron chi connectivity index (χ2n) is 3.48. The Morgan fingerprint density at radius 2 is 2.15 bits per heavy atom. The summed E-state index contributed by atoms with van der Waals surface area (Å²) in [6.45, 7) is 0.556. The fourth-order valence-electron chi connectivity index (χ4n) is 1.70. The quantitative estimate of drug-likeness (QED) is 0.745. The largest absolute Gasteiger partial charge is 0.330 e. The Hall–Kier alpha value is -0.960. The zero-order valence-corrected chi connectivity index (χ0v) is 7.13. The van der Waals surface area contributed by atoms with E-state index in [-0.39, 0.29) is 5.92 Å². The molecule has 1 aromatic carbocycles. The van der Waals surface area contributed by atoms with Crippen LogP contribution >= 0.6 is 0 Å². The zero-order valence-electron chi connectivity index (χ0n) is 7.13. The molecule has 0 unspecified atom stereocenters. The standard InChI is InChI=1S/C10H11F2N/c11-9-3-1-2-7(10(9)12)8-4-6(8)5-13/h1-3,6,8H,4-5,13H2/t6-,8+/m1/s1. The maximum Gasteiger partial charge on any atom is 0.162 e. The Kier molecular flexibility index (Phi) is 2.04. The third kappa shape index (κ3) is 1.44. The van der Waals surface area contributed by atoms with Gasteiger partial charge in [-0.25, -0.2) is 8.78 Å². The van der Waals surface area contributed by atoms with Gasteiger partial charge in [-0.3, -0.25) is 0 Å². The Bertz CT molecular complexity index is 325. The average molecular weight is 183 g/mol. The molecule has 1 aliphatic carbocycles. The van der Waals surface area contributed by atoms with E-state index in [4.69, 9.17) is 5.73 Å². The second kappa shape index (κ2) is 3.07. The highest BCUT2D eigenvalue weighted by molar-refractivity contribution is 5.28.